The second-order valence-electron chi connectivity index (χ2n) is 6.20. The largest absolute Gasteiger partial charge is 0.338 e. The van der Waals surface area contributed by atoms with Gasteiger partial charge in [-0.3, -0.25) is 4.79 Å². The monoisotopic (exact) mass is 357 g/mol. The third kappa shape index (κ3) is 3.31. The highest BCUT2D eigenvalue weighted by atomic mass is 32.2. The van der Waals surface area contributed by atoms with Crippen LogP contribution < -0.4 is 5.73 Å². The summed E-state index contributed by atoms with van der Waals surface area (Å²) < 4.78 is 27.0. The number of nitrogens with zero attached hydrogens (tertiary/aromatic N) is 2. The van der Waals surface area contributed by atoms with Crippen LogP contribution in [0.15, 0.2) is 16.3 Å². The van der Waals surface area contributed by atoms with E-state index in [2.05, 4.69) is 0 Å². The van der Waals surface area contributed by atoms with Crippen molar-refractivity contribution >= 4 is 27.3 Å². The van der Waals surface area contributed by atoms with Gasteiger partial charge in [0.1, 0.15) is 9.77 Å². The van der Waals surface area contributed by atoms with Crippen LogP contribution in [0.25, 0.3) is 0 Å². The Hall–Kier alpha value is -0.960. The molecule has 1 aromatic rings. The molecule has 0 unspecified atom stereocenters. The van der Waals surface area contributed by atoms with Crippen LogP contribution in [0.3, 0.4) is 0 Å². The van der Waals surface area contributed by atoms with E-state index in [9.17, 15) is 13.2 Å². The van der Waals surface area contributed by atoms with Gasteiger partial charge in [0.2, 0.25) is 10.0 Å². The molecule has 1 aromatic heterocycles. The number of carbonyl (C=O) groups is 1. The Balaban J connectivity index is 1.79. The van der Waals surface area contributed by atoms with E-state index in [4.69, 9.17) is 5.73 Å². The number of amides is 1. The molecule has 3 rings (SSSR count). The SMILES string of the molecule is NCC1CCN(C(=O)c2sccc2S(=O)(=O)N2CCCC2)CC1. The lowest BCUT2D eigenvalue weighted by Gasteiger charge is -2.31. The van der Waals surface area contributed by atoms with Crippen molar-refractivity contribution in [2.45, 2.75) is 30.6 Å². The number of hydrogen-bond donors (Lipinski definition) is 1. The molecule has 1 amide bonds. The summed E-state index contributed by atoms with van der Waals surface area (Å²) in [6.45, 7) is 3.06. The first-order valence-corrected chi connectivity index (χ1v) is 10.4. The van der Waals surface area contributed by atoms with Gasteiger partial charge in [0.15, 0.2) is 0 Å². The molecular weight excluding hydrogens is 334 g/mol. The molecule has 2 fully saturated rings. The molecule has 0 saturated carbocycles. The average Bonchev–Trinajstić information content (AvgIpc) is 3.25. The minimum Gasteiger partial charge on any atom is -0.338 e. The first kappa shape index (κ1) is 16.9. The molecule has 0 spiro atoms. The number of piperidine rings is 1. The van der Waals surface area contributed by atoms with Gasteiger partial charge in [-0.25, -0.2) is 8.42 Å². The third-order valence-corrected chi connectivity index (χ3v) is 7.71. The van der Waals surface area contributed by atoms with Crippen LogP contribution in [0.5, 0.6) is 0 Å². The number of hydrogen-bond acceptors (Lipinski definition) is 5. The second kappa shape index (κ2) is 6.88. The van der Waals surface area contributed by atoms with Gasteiger partial charge < -0.3 is 10.6 Å². The molecule has 2 saturated heterocycles. The van der Waals surface area contributed by atoms with E-state index in [1.807, 2.05) is 0 Å². The topological polar surface area (TPSA) is 83.7 Å². The van der Waals surface area contributed by atoms with E-state index < -0.39 is 10.0 Å². The molecule has 3 heterocycles. The van der Waals surface area contributed by atoms with Crippen molar-refractivity contribution in [3.8, 4) is 0 Å². The molecular formula is C15H23N3O3S2. The minimum absolute atomic E-state index is 0.159. The molecule has 0 aromatic carbocycles. The molecule has 2 N–H and O–H groups in total. The van der Waals surface area contributed by atoms with Gasteiger partial charge in [-0.2, -0.15) is 4.31 Å². The summed E-state index contributed by atoms with van der Waals surface area (Å²) in [7, 11) is -3.55. The maximum atomic E-state index is 12.8. The number of carbonyl (C=O) groups excluding carboxylic acids is 1. The zero-order valence-corrected chi connectivity index (χ0v) is 14.7. The number of rotatable bonds is 4. The lowest BCUT2D eigenvalue weighted by atomic mass is 9.97. The fraction of sp³-hybridized carbons (Fsp3) is 0.667. The highest BCUT2D eigenvalue weighted by Crippen LogP contribution is 2.29. The highest BCUT2D eigenvalue weighted by molar-refractivity contribution is 7.89. The van der Waals surface area contributed by atoms with Gasteiger partial charge in [0, 0.05) is 26.2 Å². The van der Waals surface area contributed by atoms with Crippen LogP contribution in [0.4, 0.5) is 0 Å². The summed E-state index contributed by atoms with van der Waals surface area (Å²) in [6, 6.07) is 1.57. The zero-order valence-electron chi connectivity index (χ0n) is 13.1. The van der Waals surface area contributed by atoms with Gasteiger partial charge in [-0.15, -0.1) is 11.3 Å². The maximum absolute atomic E-state index is 12.8. The summed E-state index contributed by atoms with van der Waals surface area (Å²) in [4.78, 5) is 15.1. The van der Waals surface area contributed by atoms with E-state index in [0.29, 0.717) is 43.5 Å². The molecule has 2 aliphatic rings. The lowest BCUT2D eigenvalue weighted by molar-refractivity contribution is 0.0694. The van der Waals surface area contributed by atoms with E-state index in [1.165, 1.54) is 15.6 Å². The predicted molar refractivity (Wildman–Crippen MR) is 90.0 cm³/mol. The van der Waals surface area contributed by atoms with E-state index in [-0.39, 0.29) is 10.8 Å². The number of likely N-dealkylation sites (tertiary alicyclic amines) is 1. The number of thiophene rings is 1. The number of nitrogens with two attached hydrogens (primary N) is 1. The standard InChI is InChI=1S/C15H23N3O3S2/c16-11-12-3-8-17(9-4-12)15(19)14-13(5-10-22-14)23(20,21)18-6-1-2-7-18/h5,10,12H,1-4,6-9,11,16H2. The Morgan fingerprint density at radius 2 is 1.87 bits per heavy atom. The van der Waals surface area contributed by atoms with Crippen molar-refractivity contribution in [2.24, 2.45) is 11.7 Å². The molecule has 8 heteroatoms. The molecule has 2 aliphatic heterocycles. The minimum atomic E-state index is -3.55. The lowest BCUT2D eigenvalue weighted by Crippen LogP contribution is -2.40. The summed E-state index contributed by atoms with van der Waals surface area (Å²) in [5, 5.41) is 1.70. The van der Waals surface area contributed by atoms with Crippen LogP contribution >= 0.6 is 11.3 Å². The first-order valence-electron chi connectivity index (χ1n) is 8.11. The van der Waals surface area contributed by atoms with Crippen molar-refractivity contribution in [1.82, 2.24) is 9.21 Å². The predicted octanol–water partition coefficient (Wildman–Crippen LogP) is 1.34. The van der Waals surface area contributed by atoms with Crippen molar-refractivity contribution in [2.75, 3.05) is 32.7 Å². The smallest absolute Gasteiger partial charge is 0.265 e. The summed E-state index contributed by atoms with van der Waals surface area (Å²) >= 11 is 1.22. The van der Waals surface area contributed by atoms with Gasteiger partial charge in [0.25, 0.3) is 5.91 Å². The normalized spacial score (nSPS) is 21.0. The Morgan fingerprint density at radius 3 is 2.48 bits per heavy atom. The molecule has 6 nitrogen and oxygen atoms in total. The third-order valence-electron chi connectivity index (χ3n) is 4.74. The molecule has 23 heavy (non-hydrogen) atoms. The summed E-state index contributed by atoms with van der Waals surface area (Å²) in [5.74, 6) is 0.309. The summed E-state index contributed by atoms with van der Waals surface area (Å²) in [6.07, 6.45) is 3.56. The molecule has 0 bridgehead atoms. The zero-order chi connectivity index (χ0) is 16.4. The van der Waals surface area contributed by atoms with Gasteiger partial charge in [-0.05, 0) is 49.6 Å². The van der Waals surface area contributed by atoms with Crippen LogP contribution in [-0.4, -0.2) is 56.3 Å². The molecule has 0 aliphatic carbocycles. The van der Waals surface area contributed by atoms with Crippen molar-refractivity contribution in [3.63, 3.8) is 0 Å². The Kier molecular flexibility index (Phi) is 5.05. The van der Waals surface area contributed by atoms with Crippen LogP contribution in [0, 0.1) is 5.92 Å². The molecule has 0 atom stereocenters. The van der Waals surface area contributed by atoms with Gasteiger partial charge >= 0.3 is 0 Å². The fourth-order valence-corrected chi connectivity index (χ4v) is 6.12. The molecule has 128 valence electrons. The van der Waals surface area contributed by atoms with Crippen molar-refractivity contribution < 1.29 is 13.2 Å². The van der Waals surface area contributed by atoms with Gasteiger partial charge in [0.05, 0.1) is 0 Å². The first-order chi connectivity index (χ1) is 11.0. The van der Waals surface area contributed by atoms with Crippen LogP contribution in [-0.2, 0) is 10.0 Å². The van der Waals surface area contributed by atoms with E-state index in [0.717, 1.165) is 25.7 Å². The van der Waals surface area contributed by atoms with Gasteiger partial charge in [-0.1, -0.05) is 0 Å². The van der Waals surface area contributed by atoms with E-state index in [1.54, 1.807) is 16.3 Å². The average molecular weight is 358 g/mol. The van der Waals surface area contributed by atoms with Crippen molar-refractivity contribution in [3.05, 3.63) is 16.3 Å². The molecule has 0 radical (unpaired) electrons. The summed E-state index contributed by atoms with van der Waals surface area (Å²) in [5.41, 5.74) is 5.68. The Bertz CT molecular complexity index is 657. The maximum Gasteiger partial charge on any atom is 0.265 e. The highest BCUT2D eigenvalue weighted by Gasteiger charge is 2.33. The second-order valence-corrected chi connectivity index (χ2v) is 9.02. The van der Waals surface area contributed by atoms with E-state index >= 15 is 0 Å². The Morgan fingerprint density at radius 1 is 1.22 bits per heavy atom. The number of sulfonamides is 1. The fourth-order valence-electron chi connectivity index (χ4n) is 3.24. The quantitative estimate of drug-likeness (QED) is 0.881. The van der Waals surface area contributed by atoms with Crippen LogP contribution in [0.2, 0.25) is 0 Å². The van der Waals surface area contributed by atoms with Crippen LogP contribution in [0.1, 0.15) is 35.4 Å². The Labute approximate surface area is 141 Å². The van der Waals surface area contributed by atoms with Crippen molar-refractivity contribution in [1.29, 1.82) is 0 Å².